The fourth-order valence-corrected chi connectivity index (χ4v) is 2.83. The van der Waals surface area contributed by atoms with E-state index < -0.39 is 6.10 Å². The van der Waals surface area contributed by atoms with Gasteiger partial charge in [-0.1, -0.05) is 26.0 Å². The van der Waals surface area contributed by atoms with Crippen molar-refractivity contribution in [2.45, 2.75) is 46.1 Å². The van der Waals surface area contributed by atoms with Crippen LogP contribution >= 0.6 is 0 Å². The van der Waals surface area contributed by atoms with E-state index in [-0.39, 0.29) is 5.91 Å². The minimum Gasteiger partial charge on any atom is -0.481 e. The van der Waals surface area contributed by atoms with Gasteiger partial charge in [0.05, 0.1) is 0 Å². The molecule has 1 aliphatic rings. The Kier molecular flexibility index (Phi) is 5.46. The van der Waals surface area contributed by atoms with Gasteiger partial charge in [-0.2, -0.15) is 0 Å². The van der Waals surface area contributed by atoms with Crippen molar-refractivity contribution in [3.05, 3.63) is 29.3 Å². The van der Waals surface area contributed by atoms with E-state index in [9.17, 15) is 4.79 Å². The third-order valence-corrected chi connectivity index (χ3v) is 4.46. The van der Waals surface area contributed by atoms with E-state index in [2.05, 4.69) is 32.0 Å². The summed E-state index contributed by atoms with van der Waals surface area (Å²) in [4.78, 5) is 14.4. The van der Waals surface area contributed by atoms with Crippen molar-refractivity contribution in [3.8, 4) is 5.75 Å². The lowest BCUT2D eigenvalue weighted by Gasteiger charge is -2.23. The number of rotatable bonds is 5. The van der Waals surface area contributed by atoms with E-state index in [0.717, 1.165) is 30.8 Å². The first kappa shape index (κ1) is 16.8. The summed E-state index contributed by atoms with van der Waals surface area (Å²) in [6.07, 6.45) is 0.536. The first-order chi connectivity index (χ1) is 10.4. The van der Waals surface area contributed by atoms with Gasteiger partial charge in [-0.05, 0) is 55.8 Å². The molecule has 0 bridgehead atoms. The molecule has 2 N–H and O–H groups in total. The molecule has 2 rings (SSSR count). The zero-order chi connectivity index (χ0) is 16.3. The lowest BCUT2D eigenvalue weighted by atomic mass is 10.0. The minimum absolute atomic E-state index is 0.0605. The molecule has 0 spiro atoms. The van der Waals surface area contributed by atoms with Crippen LogP contribution in [0, 0.1) is 12.8 Å². The molecule has 1 amide bonds. The molecule has 122 valence electrons. The fourth-order valence-electron chi connectivity index (χ4n) is 2.83. The van der Waals surface area contributed by atoms with E-state index in [1.54, 1.807) is 0 Å². The van der Waals surface area contributed by atoms with Crippen molar-refractivity contribution in [3.63, 3.8) is 0 Å². The molecule has 0 aromatic heterocycles. The van der Waals surface area contributed by atoms with Crippen LogP contribution in [-0.2, 0) is 4.79 Å². The molecular formula is C18H28N2O2. The zero-order valence-corrected chi connectivity index (χ0v) is 14.1. The molecule has 4 nitrogen and oxygen atoms in total. The highest BCUT2D eigenvalue weighted by molar-refractivity contribution is 5.81. The van der Waals surface area contributed by atoms with Gasteiger partial charge in [-0.15, -0.1) is 0 Å². The molecule has 2 atom stereocenters. The standard InChI is InChI=1S/C18H28N2O2/c1-12(2)16-6-5-13(3)17(9-16)22-14(4)18(21)20-8-7-15(10-19)11-20/h5-6,9,12,14-15H,7-8,10-11,19H2,1-4H3/t14-,15-/m1/s1. The van der Waals surface area contributed by atoms with Gasteiger partial charge in [0.1, 0.15) is 5.75 Å². The first-order valence-electron chi connectivity index (χ1n) is 8.18. The monoisotopic (exact) mass is 304 g/mol. The van der Waals surface area contributed by atoms with Crippen LogP contribution in [0.3, 0.4) is 0 Å². The van der Waals surface area contributed by atoms with Gasteiger partial charge < -0.3 is 15.4 Å². The molecular weight excluding hydrogens is 276 g/mol. The Morgan fingerprint density at radius 1 is 1.41 bits per heavy atom. The Morgan fingerprint density at radius 2 is 2.14 bits per heavy atom. The van der Waals surface area contributed by atoms with Crippen molar-refractivity contribution in [2.75, 3.05) is 19.6 Å². The van der Waals surface area contributed by atoms with Crippen LogP contribution in [0.1, 0.15) is 44.2 Å². The van der Waals surface area contributed by atoms with Crippen LogP contribution in [0.4, 0.5) is 0 Å². The van der Waals surface area contributed by atoms with Gasteiger partial charge in [0.25, 0.3) is 5.91 Å². The topological polar surface area (TPSA) is 55.6 Å². The quantitative estimate of drug-likeness (QED) is 0.910. The second-order valence-corrected chi connectivity index (χ2v) is 6.61. The maximum absolute atomic E-state index is 12.5. The summed E-state index contributed by atoms with van der Waals surface area (Å²) in [6, 6.07) is 6.23. The Morgan fingerprint density at radius 3 is 2.73 bits per heavy atom. The van der Waals surface area contributed by atoms with Crippen molar-refractivity contribution < 1.29 is 9.53 Å². The van der Waals surface area contributed by atoms with Crippen LogP contribution in [0.2, 0.25) is 0 Å². The third kappa shape index (κ3) is 3.80. The summed E-state index contributed by atoms with van der Waals surface area (Å²) in [7, 11) is 0. The average molecular weight is 304 g/mol. The Hall–Kier alpha value is -1.55. The molecule has 1 aromatic carbocycles. The molecule has 0 saturated carbocycles. The molecule has 0 radical (unpaired) electrons. The van der Waals surface area contributed by atoms with E-state index in [4.69, 9.17) is 10.5 Å². The highest BCUT2D eigenvalue weighted by atomic mass is 16.5. The van der Waals surface area contributed by atoms with Crippen molar-refractivity contribution in [2.24, 2.45) is 11.7 Å². The lowest BCUT2D eigenvalue weighted by Crippen LogP contribution is -2.39. The summed E-state index contributed by atoms with van der Waals surface area (Å²) in [6.45, 7) is 10.3. The highest BCUT2D eigenvalue weighted by Crippen LogP contribution is 2.26. The number of nitrogens with zero attached hydrogens (tertiary/aromatic N) is 1. The van der Waals surface area contributed by atoms with Gasteiger partial charge in [-0.3, -0.25) is 4.79 Å². The summed E-state index contributed by atoms with van der Waals surface area (Å²) in [5, 5.41) is 0. The Bertz CT molecular complexity index is 528. The maximum Gasteiger partial charge on any atom is 0.263 e. The molecule has 1 aromatic rings. The number of hydrogen-bond donors (Lipinski definition) is 1. The number of ether oxygens (including phenoxy) is 1. The second-order valence-electron chi connectivity index (χ2n) is 6.61. The van der Waals surface area contributed by atoms with E-state index in [1.165, 1.54) is 5.56 Å². The fraction of sp³-hybridized carbons (Fsp3) is 0.611. The van der Waals surface area contributed by atoms with Crippen LogP contribution in [0.15, 0.2) is 18.2 Å². The van der Waals surface area contributed by atoms with Crippen molar-refractivity contribution in [1.82, 2.24) is 4.90 Å². The molecule has 1 aliphatic heterocycles. The minimum atomic E-state index is -0.461. The van der Waals surface area contributed by atoms with Crippen LogP contribution in [-0.4, -0.2) is 36.5 Å². The SMILES string of the molecule is Cc1ccc(C(C)C)cc1O[C@H](C)C(=O)N1CC[C@H](CN)C1. The molecule has 1 saturated heterocycles. The third-order valence-electron chi connectivity index (χ3n) is 4.46. The normalized spacial score (nSPS) is 19.5. The predicted molar refractivity (Wildman–Crippen MR) is 89.1 cm³/mol. The zero-order valence-electron chi connectivity index (χ0n) is 14.1. The summed E-state index contributed by atoms with van der Waals surface area (Å²) in [5.41, 5.74) is 7.98. The number of amides is 1. The smallest absolute Gasteiger partial charge is 0.263 e. The van der Waals surface area contributed by atoms with Gasteiger partial charge in [-0.25, -0.2) is 0 Å². The highest BCUT2D eigenvalue weighted by Gasteiger charge is 2.29. The number of aryl methyl sites for hydroxylation is 1. The number of benzene rings is 1. The number of carbonyl (C=O) groups excluding carboxylic acids is 1. The second kappa shape index (κ2) is 7.14. The van der Waals surface area contributed by atoms with Gasteiger partial charge in [0.15, 0.2) is 6.10 Å². The summed E-state index contributed by atoms with van der Waals surface area (Å²) < 4.78 is 5.96. The number of hydrogen-bond acceptors (Lipinski definition) is 3. The van der Waals surface area contributed by atoms with Crippen LogP contribution < -0.4 is 10.5 Å². The number of carbonyl (C=O) groups is 1. The van der Waals surface area contributed by atoms with Crippen molar-refractivity contribution in [1.29, 1.82) is 0 Å². The van der Waals surface area contributed by atoms with Crippen LogP contribution in [0.5, 0.6) is 5.75 Å². The summed E-state index contributed by atoms with van der Waals surface area (Å²) >= 11 is 0. The van der Waals surface area contributed by atoms with Crippen LogP contribution in [0.25, 0.3) is 0 Å². The molecule has 1 fully saturated rings. The lowest BCUT2D eigenvalue weighted by molar-refractivity contribution is -0.137. The molecule has 1 heterocycles. The van der Waals surface area contributed by atoms with E-state index in [1.807, 2.05) is 18.7 Å². The predicted octanol–water partition coefficient (Wildman–Crippen LogP) is 2.69. The number of nitrogens with two attached hydrogens (primary N) is 1. The number of likely N-dealkylation sites (tertiary alicyclic amines) is 1. The maximum atomic E-state index is 12.5. The molecule has 0 aliphatic carbocycles. The van der Waals surface area contributed by atoms with Gasteiger partial charge in [0, 0.05) is 13.1 Å². The molecule has 0 unspecified atom stereocenters. The van der Waals surface area contributed by atoms with Gasteiger partial charge in [0.2, 0.25) is 0 Å². The van der Waals surface area contributed by atoms with Gasteiger partial charge >= 0.3 is 0 Å². The largest absolute Gasteiger partial charge is 0.481 e. The Balaban J connectivity index is 2.04. The molecule has 22 heavy (non-hydrogen) atoms. The molecule has 4 heteroatoms. The van der Waals surface area contributed by atoms with E-state index in [0.29, 0.717) is 18.4 Å². The summed E-state index contributed by atoms with van der Waals surface area (Å²) in [5.74, 6) is 1.74. The van der Waals surface area contributed by atoms with E-state index >= 15 is 0 Å². The first-order valence-corrected chi connectivity index (χ1v) is 8.18. The van der Waals surface area contributed by atoms with Crippen molar-refractivity contribution >= 4 is 5.91 Å². The average Bonchev–Trinajstić information content (AvgIpc) is 2.97. The Labute approximate surface area is 133 Å².